The lowest BCUT2D eigenvalue weighted by Crippen LogP contribution is -2.29. The first-order valence-corrected chi connectivity index (χ1v) is 8.87. The molecule has 2 aliphatic rings. The van der Waals surface area contributed by atoms with E-state index in [4.69, 9.17) is 34.8 Å². The summed E-state index contributed by atoms with van der Waals surface area (Å²) in [5.41, 5.74) is 4.66. The van der Waals surface area contributed by atoms with E-state index < -0.39 is 0 Å². The molecule has 0 spiro atoms. The minimum atomic E-state index is 0.157. The Balaban J connectivity index is 1.85. The van der Waals surface area contributed by atoms with Crippen molar-refractivity contribution in [2.45, 2.75) is 25.3 Å². The SMILES string of the molecule is Cc1c(Cl)ccc2c1N[C@H](c1ccc(Cl)cc1Cl)[C@H]1CC=C[C@@H]21. The molecule has 0 amide bonds. The summed E-state index contributed by atoms with van der Waals surface area (Å²) in [4.78, 5) is 0. The lowest BCUT2D eigenvalue weighted by atomic mass is 9.76. The number of hydrogen-bond donors (Lipinski definition) is 1. The summed E-state index contributed by atoms with van der Waals surface area (Å²) in [7, 11) is 0. The molecule has 1 aliphatic carbocycles. The molecule has 2 aromatic carbocycles. The van der Waals surface area contributed by atoms with E-state index in [1.165, 1.54) is 5.56 Å². The smallest absolute Gasteiger partial charge is 0.0568 e. The number of fused-ring (bicyclic) bond motifs is 3. The van der Waals surface area contributed by atoms with Crippen molar-refractivity contribution in [2.75, 3.05) is 5.32 Å². The molecular formula is C19H16Cl3N. The lowest BCUT2D eigenvalue weighted by molar-refractivity contribution is 0.425. The minimum Gasteiger partial charge on any atom is -0.377 e. The molecule has 4 heteroatoms. The van der Waals surface area contributed by atoms with Crippen LogP contribution in [0.15, 0.2) is 42.5 Å². The number of anilines is 1. The standard InChI is InChI=1S/C19H16Cl3N/c1-10-16(21)8-7-14-12-3-2-4-13(12)19(23-18(10)14)15-6-5-11(20)9-17(15)22/h2-3,5-9,12-13,19,23H,4H2,1H3/t12-,13+,19+/m1/s1. The maximum atomic E-state index is 6.48. The molecule has 118 valence electrons. The van der Waals surface area contributed by atoms with Crippen LogP contribution in [0, 0.1) is 12.8 Å². The predicted octanol–water partition coefficient (Wildman–Crippen LogP) is 6.78. The van der Waals surface area contributed by atoms with Crippen LogP contribution < -0.4 is 5.32 Å². The van der Waals surface area contributed by atoms with E-state index in [0.29, 0.717) is 21.9 Å². The van der Waals surface area contributed by atoms with Gasteiger partial charge in [0.05, 0.1) is 6.04 Å². The molecule has 1 heterocycles. The second-order valence-corrected chi connectivity index (χ2v) is 7.53. The first-order chi connectivity index (χ1) is 11.1. The molecule has 0 aromatic heterocycles. The third-order valence-corrected chi connectivity index (χ3v) is 6.00. The van der Waals surface area contributed by atoms with Crippen LogP contribution in [0.25, 0.3) is 0 Å². The predicted molar refractivity (Wildman–Crippen MR) is 99.0 cm³/mol. The third kappa shape index (κ3) is 2.46. The zero-order valence-electron chi connectivity index (χ0n) is 12.6. The molecule has 0 bridgehead atoms. The Bertz CT molecular complexity index is 813. The molecule has 0 saturated carbocycles. The Morgan fingerprint density at radius 3 is 2.57 bits per heavy atom. The highest BCUT2D eigenvalue weighted by Crippen LogP contribution is 2.52. The minimum absolute atomic E-state index is 0.157. The van der Waals surface area contributed by atoms with Crippen molar-refractivity contribution in [3.8, 4) is 0 Å². The van der Waals surface area contributed by atoms with E-state index in [1.54, 1.807) is 0 Å². The Labute approximate surface area is 151 Å². The first-order valence-electron chi connectivity index (χ1n) is 7.73. The van der Waals surface area contributed by atoms with E-state index in [9.17, 15) is 0 Å². The monoisotopic (exact) mass is 363 g/mol. The molecule has 0 unspecified atom stereocenters. The van der Waals surface area contributed by atoms with Gasteiger partial charge in [0.15, 0.2) is 0 Å². The summed E-state index contributed by atoms with van der Waals surface area (Å²) in [6.45, 7) is 2.06. The third-order valence-electron chi connectivity index (χ3n) is 5.03. The average Bonchev–Trinajstić information content (AvgIpc) is 3.00. The molecule has 1 aliphatic heterocycles. The number of benzene rings is 2. The van der Waals surface area contributed by atoms with Gasteiger partial charge in [-0.25, -0.2) is 0 Å². The number of hydrogen-bond acceptors (Lipinski definition) is 1. The van der Waals surface area contributed by atoms with Gasteiger partial charge in [0.2, 0.25) is 0 Å². The van der Waals surface area contributed by atoms with E-state index in [-0.39, 0.29) is 6.04 Å². The van der Waals surface area contributed by atoms with Gasteiger partial charge in [-0.1, -0.05) is 59.1 Å². The molecular weight excluding hydrogens is 349 g/mol. The van der Waals surface area contributed by atoms with Gasteiger partial charge in [0, 0.05) is 26.7 Å². The Morgan fingerprint density at radius 2 is 1.78 bits per heavy atom. The molecule has 4 rings (SSSR count). The van der Waals surface area contributed by atoms with E-state index >= 15 is 0 Å². The highest BCUT2D eigenvalue weighted by atomic mass is 35.5. The zero-order chi connectivity index (χ0) is 16.1. The second-order valence-electron chi connectivity index (χ2n) is 6.28. The van der Waals surface area contributed by atoms with Crippen molar-refractivity contribution < 1.29 is 0 Å². The molecule has 1 N–H and O–H groups in total. The largest absolute Gasteiger partial charge is 0.377 e. The molecule has 0 radical (unpaired) electrons. The highest BCUT2D eigenvalue weighted by molar-refractivity contribution is 6.35. The summed E-state index contributed by atoms with van der Waals surface area (Å²) in [6, 6.07) is 10.0. The van der Waals surface area contributed by atoms with Crippen LogP contribution in [0.4, 0.5) is 5.69 Å². The maximum Gasteiger partial charge on any atom is 0.0568 e. The van der Waals surface area contributed by atoms with Gasteiger partial charge in [-0.3, -0.25) is 0 Å². The van der Waals surface area contributed by atoms with Crippen LogP contribution in [0.1, 0.15) is 35.1 Å². The van der Waals surface area contributed by atoms with Crippen molar-refractivity contribution in [1.82, 2.24) is 0 Å². The van der Waals surface area contributed by atoms with Gasteiger partial charge in [0.25, 0.3) is 0 Å². The van der Waals surface area contributed by atoms with E-state index in [0.717, 1.165) is 28.3 Å². The fourth-order valence-electron chi connectivity index (χ4n) is 3.85. The number of nitrogens with one attached hydrogen (secondary N) is 1. The second kappa shape index (κ2) is 5.73. The topological polar surface area (TPSA) is 12.0 Å². The van der Waals surface area contributed by atoms with Crippen LogP contribution in [-0.4, -0.2) is 0 Å². The fourth-order valence-corrected chi connectivity index (χ4v) is 4.53. The van der Waals surface area contributed by atoms with Crippen molar-refractivity contribution in [3.05, 3.63) is 74.2 Å². The number of rotatable bonds is 1. The molecule has 0 fully saturated rings. The Kier molecular flexibility index (Phi) is 3.84. The summed E-state index contributed by atoms with van der Waals surface area (Å²) in [6.07, 6.45) is 5.63. The van der Waals surface area contributed by atoms with E-state index in [2.05, 4.69) is 30.5 Å². The van der Waals surface area contributed by atoms with Gasteiger partial charge in [-0.15, -0.1) is 0 Å². The van der Waals surface area contributed by atoms with Crippen molar-refractivity contribution in [2.24, 2.45) is 5.92 Å². The summed E-state index contributed by atoms with van der Waals surface area (Å²) < 4.78 is 0. The lowest BCUT2D eigenvalue weighted by Gasteiger charge is -2.38. The molecule has 1 nitrogen and oxygen atoms in total. The van der Waals surface area contributed by atoms with Gasteiger partial charge in [-0.2, -0.15) is 0 Å². The number of allylic oxidation sites excluding steroid dienone is 2. The molecule has 0 saturated heterocycles. The van der Waals surface area contributed by atoms with Crippen LogP contribution in [-0.2, 0) is 0 Å². The summed E-state index contributed by atoms with van der Waals surface area (Å²) >= 11 is 18.9. The molecule has 2 aromatic rings. The number of halogens is 3. The van der Waals surface area contributed by atoms with Gasteiger partial charge < -0.3 is 5.32 Å². The van der Waals surface area contributed by atoms with Crippen molar-refractivity contribution in [1.29, 1.82) is 0 Å². The van der Waals surface area contributed by atoms with E-state index in [1.807, 2.05) is 24.3 Å². The van der Waals surface area contributed by atoms with Crippen LogP contribution in [0.3, 0.4) is 0 Å². The van der Waals surface area contributed by atoms with Crippen molar-refractivity contribution in [3.63, 3.8) is 0 Å². The molecule has 23 heavy (non-hydrogen) atoms. The Morgan fingerprint density at radius 1 is 1.00 bits per heavy atom. The Hall–Kier alpha value is -1.15. The first kappa shape index (κ1) is 15.4. The van der Waals surface area contributed by atoms with Crippen LogP contribution in [0.2, 0.25) is 15.1 Å². The van der Waals surface area contributed by atoms with Gasteiger partial charge in [-0.05, 0) is 54.2 Å². The molecule has 3 atom stereocenters. The summed E-state index contributed by atoms with van der Waals surface area (Å²) in [5, 5.41) is 5.87. The van der Waals surface area contributed by atoms with Gasteiger partial charge in [0.1, 0.15) is 0 Å². The normalized spacial score (nSPS) is 25.0. The van der Waals surface area contributed by atoms with Gasteiger partial charge >= 0.3 is 0 Å². The van der Waals surface area contributed by atoms with Crippen molar-refractivity contribution >= 4 is 40.5 Å². The highest BCUT2D eigenvalue weighted by Gasteiger charge is 2.39. The maximum absolute atomic E-state index is 6.48. The summed E-state index contributed by atoms with van der Waals surface area (Å²) in [5.74, 6) is 0.862. The quantitative estimate of drug-likeness (QED) is 0.550. The average molecular weight is 365 g/mol. The van der Waals surface area contributed by atoms with Crippen LogP contribution >= 0.6 is 34.8 Å². The fraction of sp³-hybridized carbons (Fsp3) is 0.263. The van der Waals surface area contributed by atoms with Crippen LogP contribution in [0.5, 0.6) is 0 Å². The zero-order valence-corrected chi connectivity index (χ0v) is 14.9.